The van der Waals surface area contributed by atoms with Gasteiger partial charge in [-0.15, -0.1) is 0 Å². The Balaban J connectivity index is 1.57. The Morgan fingerprint density at radius 2 is 1.83 bits per heavy atom. The van der Waals surface area contributed by atoms with E-state index in [4.69, 9.17) is 14.6 Å². The molecule has 0 heterocycles. The van der Waals surface area contributed by atoms with E-state index in [1.54, 1.807) is 19.2 Å². The van der Waals surface area contributed by atoms with Crippen LogP contribution in [0.5, 0.6) is 11.5 Å². The van der Waals surface area contributed by atoms with Gasteiger partial charge in [-0.2, -0.15) is 0 Å². The quantitative estimate of drug-likeness (QED) is 0.331. The van der Waals surface area contributed by atoms with Gasteiger partial charge in [-0.05, 0) is 70.8 Å². The summed E-state index contributed by atoms with van der Waals surface area (Å²) >= 11 is 0. The Bertz CT molecular complexity index is 1170. The Morgan fingerprint density at radius 3 is 2.57 bits per heavy atom. The van der Waals surface area contributed by atoms with Crippen molar-refractivity contribution in [1.82, 2.24) is 0 Å². The van der Waals surface area contributed by atoms with Gasteiger partial charge in [0.05, 0.1) is 13.5 Å². The molecule has 0 aliphatic heterocycles. The Hall–Kier alpha value is -3.34. The molecule has 0 unspecified atom stereocenters. The van der Waals surface area contributed by atoms with E-state index in [-0.39, 0.29) is 18.2 Å². The van der Waals surface area contributed by atoms with Crippen LogP contribution in [0.2, 0.25) is 0 Å². The van der Waals surface area contributed by atoms with Crippen LogP contribution in [0.25, 0.3) is 11.1 Å². The van der Waals surface area contributed by atoms with E-state index in [1.807, 2.05) is 43.3 Å². The number of rotatable bonds is 10. The number of hydrogen-bond donors (Lipinski definition) is 1. The summed E-state index contributed by atoms with van der Waals surface area (Å²) in [7, 11) is 1.59. The predicted molar refractivity (Wildman–Crippen MR) is 135 cm³/mol. The van der Waals surface area contributed by atoms with Gasteiger partial charge < -0.3 is 14.6 Å². The van der Waals surface area contributed by atoms with Crippen molar-refractivity contribution in [3.8, 4) is 22.6 Å². The lowest BCUT2D eigenvalue weighted by molar-refractivity contribution is -0.137. The van der Waals surface area contributed by atoms with Gasteiger partial charge in [0.25, 0.3) is 0 Å². The lowest BCUT2D eigenvalue weighted by Gasteiger charge is -2.17. The van der Waals surface area contributed by atoms with Gasteiger partial charge in [-0.3, -0.25) is 4.79 Å². The Labute approximate surface area is 206 Å². The number of hydrogen-bond acceptors (Lipinski definition) is 3. The third-order valence-corrected chi connectivity index (χ3v) is 6.93. The number of methoxy groups -OCH3 is 1. The number of carbonyl (C=O) groups is 1. The first-order valence-corrected chi connectivity index (χ1v) is 12.3. The average molecular weight is 477 g/mol. The summed E-state index contributed by atoms with van der Waals surface area (Å²) in [6, 6.07) is 18.6. The highest BCUT2D eigenvalue weighted by molar-refractivity contribution is 5.70. The average Bonchev–Trinajstić information content (AvgIpc) is 3.36. The van der Waals surface area contributed by atoms with Crippen LogP contribution in [0.15, 0.2) is 60.7 Å². The minimum Gasteiger partial charge on any atom is -0.497 e. The molecule has 3 aromatic carbocycles. The fourth-order valence-electron chi connectivity index (χ4n) is 4.99. The zero-order chi connectivity index (χ0) is 24.8. The van der Waals surface area contributed by atoms with Crippen LogP contribution in [-0.2, 0) is 17.8 Å². The van der Waals surface area contributed by atoms with Gasteiger partial charge in [-0.25, -0.2) is 4.39 Å². The van der Waals surface area contributed by atoms with Gasteiger partial charge >= 0.3 is 5.97 Å². The van der Waals surface area contributed by atoms with Gasteiger partial charge in [-0.1, -0.05) is 62.9 Å². The first kappa shape index (κ1) is 24.8. The minimum atomic E-state index is -0.814. The summed E-state index contributed by atoms with van der Waals surface area (Å²) in [6.45, 7) is 2.29. The molecule has 5 heteroatoms. The summed E-state index contributed by atoms with van der Waals surface area (Å²) in [5.74, 6) is 0.802. The van der Waals surface area contributed by atoms with Gasteiger partial charge in [0, 0.05) is 5.56 Å². The SMILES string of the molecule is COc1ccc(F)c(-c2ccc(COc3cccc([C@H](C)CC(=O)O)c3)cc2CC2CCCC2)c1. The molecule has 1 N–H and O–H groups in total. The smallest absolute Gasteiger partial charge is 0.303 e. The van der Waals surface area contributed by atoms with Gasteiger partial charge in [0.15, 0.2) is 0 Å². The number of carboxylic acids is 1. The summed E-state index contributed by atoms with van der Waals surface area (Å²) < 4.78 is 26.2. The number of benzene rings is 3. The highest BCUT2D eigenvalue weighted by atomic mass is 19.1. The Kier molecular flexibility index (Phi) is 8.06. The lowest BCUT2D eigenvalue weighted by Crippen LogP contribution is -2.05. The van der Waals surface area contributed by atoms with Crippen LogP contribution < -0.4 is 9.47 Å². The maximum absolute atomic E-state index is 14.8. The van der Waals surface area contributed by atoms with E-state index >= 15 is 0 Å². The maximum atomic E-state index is 14.8. The van der Waals surface area contributed by atoms with Gasteiger partial charge in [0.2, 0.25) is 0 Å². The van der Waals surface area contributed by atoms with Crippen LogP contribution in [0.4, 0.5) is 4.39 Å². The second-order valence-electron chi connectivity index (χ2n) is 9.55. The van der Waals surface area contributed by atoms with Crippen LogP contribution in [0.3, 0.4) is 0 Å². The summed E-state index contributed by atoms with van der Waals surface area (Å²) in [4.78, 5) is 11.1. The maximum Gasteiger partial charge on any atom is 0.303 e. The first-order chi connectivity index (χ1) is 16.9. The van der Waals surface area contributed by atoms with Crippen LogP contribution in [-0.4, -0.2) is 18.2 Å². The number of carboxylic acid groups (broad SMARTS) is 1. The summed E-state index contributed by atoms with van der Waals surface area (Å²) in [6.07, 6.45) is 5.93. The molecule has 4 rings (SSSR count). The highest BCUT2D eigenvalue weighted by Gasteiger charge is 2.19. The second kappa shape index (κ2) is 11.4. The molecule has 1 saturated carbocycles. The normalized spacial score (nSPS) is 14.6. The zero-order valence-corrected chi connectivity index (χ0v) is 20.4. The largest absolute Gasteiger partial charge is 0.497 e. The molecular weight excluding hydrogens is 443 g/mol. The minimum absolute atomic E-state index is 0.0796. The molecule has 0 spiro atoms. The third-order valence-electron chi connectivity index (χ3n) is 6.93. The molecule has 0 amide bonds. The van der Waals surface area contributed by atoms with E-state index in [0.29, 0.717) is 29.6 Å². The highest BCUT2D eigenvalue weighted by Crippen LogP contribution is 2.35. The van der Waals surface area contributed by atoms with E-state index in [2.05, 4.69) is 6.07 Å². The third kappa shape index (κ3) is 6.41. The molecule has 0 radical (unpaired) electrons. The molecule has 4 nitrogen and oxygen atoms in total. The second-order valence-corrected chi connectivity index (χ2v) is 9.55. The van der Waals surface area contributed by atoms with Crippen molar-refractivity contribution >= 4 is 5.97 Å². The van der Waals surface area contributed by atoms with Crippen LogP contribution >= 0.6 is 0 Å². The molecule has 1 aliphatic carbocycles. The van der Waals surface area contributed by atoms with Crippen molar-refractivity contribution in [2.45, 2.75) is 58.0 Å². The molecule has 0 bridgehead atoms. The van der Waals surface area contributed by atoms with E-state index in [0.717, 1.165) is 28.7 Å². The number of ether oxygens (including phenoxy) is 2. The van der Waals surface area contributed by atoms with Crippen molar-refractivity contribution in [3.63, 3.8) is 0 Å². The number of aliphatic carboxylic acids is 1. The zero-order valence-electron chi connectivity index (χ0n) is 20.4. The monoisotopic (exact) mass is 476 g/mol. The van der Waals surface area contributed by atoms with Gasteiger partial charge in [0.1, 0.15) is 23.9 Å². The molecule has 0 saturated heterocycles. The molecule has 3 aromatic rings. The molecule has 1 fully saturated rings. The predicted octanol–water partition coefficient (Wildman–Crippen LogP) is 7.39. The molecular formula is C30H33FO4. The van der Waals surface area contributed by atoms with Crippen LogP contribution in [0, 0.1) is 11.7 Å². The molecule has 1 aliphatic rings. The summed E-state index contributed by atoms with van der Waals surface area (Å²) in [5, 5.41) is 9.08. The van der Waals surface area contributed by atoms with E-state index < -0.39 is 5.97 Å². The lowest BCUT2D eigenvalue weighted by atomic mass is 9.90. The fourth-order valence-corrected chi connectivity index (χ4v) is 4.99. The topological polar surface area (TPSA) is 55.8 Å². The number of halogens is 1. The van der Waals surface area contributed by atoms with E-state index in [9.17, 15) is 9.18 Å². The van der Waals surface area contributed by atoms with Crippen molar-refractivity contribution < 1.29 is 23.8 Å². The Morgan fingerprint density at radius 1 is 1.03 bits per heavy atom. The van der Waals surface area contributed by atoms with Crippen molar-refractivity contribution in [2.24, 2.45) is 5.92 Å². The molecule has 0 aromatic heterocycles. The molecule has 184 valence electrons. The molecule has 1 atom stereocenters. The van der Waals surface area contributed by atoms with Crippen molar-refractivity contribution in [3.05, 3.63) is 83.2 Å². The molecule has 35 heavy (non-hydrogen) atoms. The van der Waals surface area contributed by atoms with E-state index in [1.165, 1.54) is 31.7 Å². The van der Waals surface area contributed by atoms with Crippen molar-refractivity contribution in [2.75, 3.05) is 7.11 Å². The van der Waals surface area contributed by atoms with Crippen LogP contribution in [0.1, 0.15) is 61.6 Å². The fraction of sp³-hybridized carbons (Fsp3) is 0.367. The van der Waals surface area contributed by atoms with Crippen molar-refractivity contribution in [1.29, 1.82) is 0 Å². The summed E-state index contributed by atoms with van der Waals surface area (Å²) in [5.41, 5.74) is 4.56. The standard InChI is InChI=1S/C30H33FO4/c1-20(14-30(32)33)23-8-5-9-26(17-23)35-19-22-10-12-27(24(16-22)15-21-6-3-4-7-21)28-18-25(34-2)11-13-29(28)31/h5,8-13,16-18,20-21H,3-4,6-7,14-15,19H2,1-2H3,(H,32,33)/t20-/m1/s1. The first-order valence-electron chi connectivity index (χ1n) is 12.3.